The molecular formula is C32H37ClF3N3O6. The lowest BCUT2D eigenvalue weighted by Crippen LogP contribution is -2.49. The molecule has 244 valence electrons. The summed E-state index contributed by atoms with van der Waals surface area (Å²) in [4.78, 5) is 38.6. The van der Waals surface area contributed by atoms with Crippen molar-refractivity contribution in [3.63, 3.8) is 0 Å². The zero-order valence-corrected chi connectivity index (χ0v) is 25.9. The average molecular weight is 652 g/mol. The maximum absolute atomic E-state index is 13.8. The summed E-state index contributed by atoms with van der Waals surface area (Å²) >= 11 is 6.25. The lowest BCUT2D eigenvalue weighted by Gasteiger charge is -2.34. The van der Waals surface area contributed by atoms with Gasteiger partial charge in [0.25, 0.3) is 0 Å². The second kappa shape index (κ2) is 14.7. The smallest absolute Gasteiger partial charge is 0.478 e. The Hall–Kier alpha value is -3.61. The number of benzene rings is 2. The van der Waals surface area contributed by atoms with E-state index >= 15 is 0 Å². The Bertz CT molecular complexity index is 1520. The number of fused-ring (bicyclic) bond motifs is 1. The van der Waals surface area contributed by atoms with Gasteiger partial charge in [-0.2, -0.15) is 13.2 Å². The molecule has 2 heterocycles. The van der Waals surface area contributed by atoms with E-state index in [9.17, 15) is 27.9 Å². The Morgan fingerprint density at radius 3 is 2.24 bits per heavy atom. The largest absolute Gasteiger partial charge is 0.490 e. The van der Waals surface area contributed by atoms with Gasteiger partial charge in [0.05, 0.1) is 29.5 Å². The highest BCUT2D eigenvalue weighted by molar-refractivity contribution is 6.30. The highest BCUT2D eigenvalue weighted by Gasteiger charge is 2.38. The van der Waals surface area contributed by atoms with E-state index in [1.807, 2.05) is 53.9 Å². The van der Waals surface area contributed by atoms with Crippen molar-refractivity contribution in [3.8, 4) is 11.3 Å². The highest BCUT2D eigenvalue weighted by Crippen LogP contribution is 2.44. The molecular weight excluding hydrogens is 615 g/mol. The second-order valence-electron chi connectivity index (χ2n) is 11.6. The van der Waals surface area contributed by atoms with Gasteiger partial charge in [0.2, 0.25) is 5.91 Å². The summed E-state index contributed by atoms with van der Waals surface area (Å²) in [5.41, 5.74) is 4.22. The molecule has 1 aliphatic heterocycles. The SMILES string of the molecule is CN(C)CC1CN(C(=O)Cn2c(-c3ccc(Cl)cc3)c(C3CCCCC3)c3ccc(C(=O)O)cc32)CCO1.O=C(O)C(F)(F)F. The number of rotatable bonds is 7. The summed E-state index contributed by atoms with van der Waals surface area (Å²) in [6.07, 6.45) is 0.637. The number of halogens is 4. The summed E-state index contributed by atoms with van der Waals surface area (Å²) in [6, 6.07) is 13.1. The van der Waals surface area contributed by atoms with Gasteiger partial charge in [-0.1, -0.05) is 49.1 Å². The number of carboxylic acid groups (broad SMARTS) is 2. The first kappa shape index (κ1) is 34.3. The van der Waals surface area contributed by atoms with Crippen LogP contribution in [0.1, 0.15) is 53.9 Å². The van der Waals surface area contributed by atoms with Crippen molar-refractivity contribution in [2.24, 2.45) is 0 Å². The van der Waals surface area contributed by atoms with Crippen LogP contribution < -0.4 is 0 Å². The number of hydrogen-bond donors (Lipinski definition) is 2. The molecule has 2 aromatic carbocycles. The van der Waals surface area contributed by atoms with E-state index in [1.165, 1.54) is 24.8 Å². The molecule has 2 N–H and O–H groups in total. The van der Waals surface area contributed by atoms with Crippen LogP contribution in [0.2, 0.25) is 5.02 Å². The number of aromatic carboxylic acids is 1. The van der Waals surface area contributed by atoms with Crippen molar-refractivity contribution in [2.45, 2.75) is 56.8 Å². The fourth-order valence-corrected chi connectivity index (χ4v) is 6.22. The van der Waals surface area contributed by atoms with Gasteiger partial charge >= 0.3 is 18.1 Å². The van der Waals surface area contributed by atoms with Gasteiger partial charge in [0.15, 0.2) is 0 Å². The van der Waals surface area contributed by atoms with Crippen LogP contribution in [-0.2, 0) is 20.9 Å². The number of carboxylic acids is 2. The summed E-state index contributed by atoms with van der Waals surface area (Å²) in [5, 5.41) is 18.6. The van der Waals surface area contributed by atoms with Crippen molar-refractivity contribution in [1.82, 2.24) is 14.4 Å². The standard InChI is InChI=1S/C30H36ClN3O4.C2HF3O2/c1-32(2)17-24-18-33(14-15-38-24)27(35)19-34-26-16-22(30(36)37)10-13-25(26)28(20-6-4-3-5-7-20)29(34)21-8-11-23(31)12-9-21;3-2(4,5)1(6)7/h8-13,16,20,24H,3-7,14-15,17-19H2,1-2H3,(H,36,37);(H,6,7). The molecule has 1 amide bonds. The second-order valence-corrected chi connectivity index (χ2v) is 12.1. The Labute approximate surface area is 264 Å². The van der Waals surface area contributed by atoms with E-state index < -0.39 is 18.1 Å². The number of carbonyl (C=O) groups excluding carboxylic acids is 1. The molecule has 1 unspecified atom stereocenters. The van der Waals surface area contributed by atoms with Crippen molar-refractivity contribution in [3.05, 3.63) is 58.6 Å². The van der Waals surface area contributed by atoms with E-state index in [-0.39, 0.29) is 24.1 Å². The van der Waals surface area contributed by atoms with Crippen LogP contribution in [0, 0.1) is 0 Å². The quantitative estimate of drug-likeness (QED) is 0.316. The van der Waals surface area contributed by atoms with Gasteiger partial charge in [-0.3, -0.25) is 4.79 Å². The van der Waals surface area contributed by atoms with Gasteiger partial charge < -0.3 is 29.3 Å². The van der Waals surface area contributed by atoms with Crippen LogP contribution in [-0.4, -0.2) is 95.0 Å². The minimum Gasteiger partial charge on any atom is -0.478 e. The van der Waals surface area contributed by atoms with Gasteiger partial charge in [0, 0.05) is 30.0 Å². The number of carbonyl (C=O) groups is 3. The van der Waals surface area contributed by atoms with E-state index in [0.29, 0.717) is 30.6 Å². The summed E-state index contributed by atoms with van der Waals surface area (Å²) in [7, 11) is 4.00. The van der Waals surface area contributed by atoms with Crippen LogP contribution in [0.4, 0.5) is 13.2 Å². The van der Waals surface area contributed by atoms with E-state index in [4.69, 9.17) is 26.2 Å². The van der Waals surface area contributed by atoms with Crippen LogP contribution in [0.5, 0.6) is 0 Å². The molecule has 5 rings (SSSR count). The fourth-order valence-electron chi connectivity index (χ4n) is 6.10. The minimum absolute atomic E-state index is 0.0140. The zero-order valence-electron chi connectivity index (χ0n) is 25.1. The predicted octanol–water partition coefficient (Wildman–Crippen LogP) is 6.13. The molecule has 45 heavy (non-hydrogen) atoms. The molecule has 0 radical (unpaired) electrons. The maximum Gasteiger partial charge on any atom is 0.490 e. The topological polar surface area (TPSA) is 112 Å². The molecule has 1 aromatic heterocycles. The molecule has 1 saturated carbocycles. The normalized spacial score (nSPS) is 17.7. The predicted molar refractivity (Wildman–Crippen MR) is 164 cm³/mol. The van der Waals surface area contributed by atoms with Gasteiger partial charge in [-0.05, 0) is 68.2 Å². The molecule has 1 saturated heterocycles. The van der Waals surface area contributed by atoms with Crippen LogP contribution in [0.3, 0.4) is 0 Å². The summed E-state index contributed by atoms with van der Waals surface area (Å²) in [5.74, 6) is -3.36. The van der Waals surface area contributed by atoms with Gasteiger partial charge in [-0.15, -0.1) is 0 Å². The van der Waals surface area contributed by atoms with E-state index in [2.05, 4.69) is 4.90 Å². The van der Waals surface area contributed by atoms with Crippen LogP contribution >= 0.6 is 11.6 Å². The highest BCUT2D eigenvalue weighted by atomic mass is 35.5. The number of hydrogen-bond acceptors (Lipinski definition) is 5. The number of aromatic nitrogens is 1. The van der Waals surface area contributed by atoms with Crippen LogP contribution in [0.15, 0.2) is 42.5 Å². The number of morpholine rings is 1. The number of alkyl halides is 3. The fraction of sp³-hybridized carbons (Fsp3) is 0.469. The number of nitrogens with zero attached hydrogens (tertiary/aromatic N) is 3. The first-order valence-corrected chi connectivity index (χ1v) is 15.1. The Balaban J connectivity index is 0.000000591. The molecule has 13 heteroatoms. The molecule has 3 aromatic rings. The first-order chi connectivity index (χ1) is 21.3. The number of likely N-dealkylation sites (N-methyl/N-ethyl adjacent to an activating group) is 1. The molecule has 9 nitrogen and oxygen atoms in total. The molecule has 1 atom stereocenters. The summed E-state index contributed by atoms with van der Waals surface area (Å²) < 4.78 is 39.7. The van der Waals surface area contributed by atoms with Gasteiger partial charge in [0.1, 0.15) is 6.54 Å². The maximum atomic E-state index is 13.8. The van der Waals surface area contributed by atoms with Crippen molar-refractivity contribution in [1.29, 1.82) is 0 Å². The first-order valence-electron chi connectivity index (χ1n) is 14.8. The van der Waals surface area contributed by atoms with Crippen LogP contribution in [0.25, 0.3) is 22.2 Å². The monoisotopic (exact) mass is 651 g/mol. The third-order valence-electron chi connectivity index (χ3n) is 8.08. The van der Waals surface area contributed by atoms with Crippen molar-refractivity contribution < 1.29 is 42.5 Å². The molecule has 0 spiro atoms. The summed E-state index contributed by atoms with van der Waals surface area (Å²) in [6.45, 7) is 2.49. The third-order valence-corrected chi connectivity index (χ3v) is 8.33. The number of aliphatic carboxylic acids is 1. The van der Waals surface area contributed by atoms with Gasteiger partial charge in [-0.25, -0.2) is 9.59 Å². The van der Waals surface area contributed by atoms with Crippen molar-refractivity contribution >= 4 is 40.3 Å². The molecule has 0 bridgehead atoms. The molecule has 2 fully saturated rings. The lowest BCUT2D eigenvalue weighted by molar-refractivity contribution is -0.192. The third kappa shape index (κ3) is 8.56. The van der Waals surface area contributed by atoms with E-state index in [0.717, 1.165) is 41.5 Å². The number of amides is 1. The Morgan fingerprint density at radius 1 is 1.02 bits per heavy atom. The Morgan fingerprint density at radius 2 is 1.67 bits per heavy atom. The zero-order chi connectivity index (χ0) is 32.9. The van der Waals surface area contributed by atoms with Crippen molar-refractivity contribution in [2.75, 3.05) is 40.3 Å². The molecule has 1 aliphatic carbocycles. The average Bonchev–Trinajstić information content (AvgIpc) is 3.30. The minimum atomic E-state index is -5.08. The number of ether oxygens (including phenoxy) is 1. The lowest BCUT2D eigenvalue weighted by atomic mass is 9.82. The van der Waals surface area contributed by atoms with E-state index in [1.54, 1.807) is 12.1 Å². The Kier molecular flexibility index (Phi) is 11.2. The molecule has 2 aliphatic rings.